The van der Waals surface area contributed by atoms with E-state index in [1.54, 1.807) is 30.3 Å². The number of carbonyl (C=O) groups is 2. The van der Waals surface area contributed by atoms with Crippen LogP contribution in [0.4, 0.5) is 5.69 Å². The molecule has 0 heterocycles. The normalized spacial score (nSPS) is 10.8. The molecule has 1 N–H and O–H groups in total. The smallest absolute Gasteiger partial charge is 0.337 e. The summed E-state index contributed by atoms with van der Waals surface area (Å²) in [6.07, 6.45) is 1.49. The van der Waals surface area contributed by atoms with Crippen LogP contribution in [0.3, 0.4) is 0 Å². The van der Waals surface area contributed by atoms with Crippen molar-refractivity contribution in [2.75, 3.05) is 12.4 Å². The van der Waals surface area contributed by atoms with Gasteiger partial charge in [0, 0.05) is 10.2 Å². The lowest BCUT2D eigenvalue weighted by molar-refractivity contribution is -0.112. The number of esters is 1. The maximum atomic E-state index is 12.5. The minimum absolute atomic E-state index is 0.0672. The van der Waals surface area contributed by atoms with Gasteiger partial charge in [0.05, 0.1) is 17.1 Å². The molecule has 0 aromatic heterocycles. The number of carbonyl (C=O) groups excluding carboxylic acids is 2. The molecule has 8 heteroatoms. The van der Waals surface area contributed by atoms with Crippen LogP contribution >= 0.6 is 31.9 Å². The predicted molar refractivity (Wildman–Crippen MR) is 133 cm³/mol. The fraction of sp³-hybridized carbons (Fsp3) is 0.0800. The molecule has 0 radical (unpaired) electrons. The van der Waals surface area contributed by atoms with Gasteiger partial charge in [0.25, 0.3) is 5.91 Å². The van der Waals surface area contributed by atoms with Crippen molar-refractivity contribution < 1.29 is 19.1 Å². The molecule has 0 aliphatic rings. The van der Waals surface area contributed by atoms with Crippen molar-refractivity contribution in [3.63, 3.8) is 0 Å². The standard InChI is InChI=1S/C25H18Br2N2O4/c1-32-25(31)18-5-9-21(10-6-18)29-24(30)19(14-28)12-17-4-11-23(22(27)13-17)33-15-16-2-7-20(26)8-3-16/h2-13H,15H2,1H3,(H,29,30)/b19-12+. The van der Waals surface area contributed by atoms with Crippen LogP contribution in [0.25, 0.3) is 6.08 Å². The zero-order valence-corrected chi connectivity index (χ0v) is 20.6. The Balaban J connectivity index is 1.67. The lowest BCUT2D eigenvalue weighted by atomic mass is 10.1. The highest BCUT2D eigenvalue weighted by molar-refractivity contribution is 9.10. The van der Waals surface area contributed by atoms with Crippen molar-refractivity contribution in [1.82, 2.24) is 0 Å². The number of hydrogen-bond donors (Lipinski definition) is 1. The molecule has 166 valence electrons. The van der Waals surface area contributed by atoms with Crippen LogP contribution in [0.1, 0.15) is 21.5 Å². The molecule has 0 fully saturated rings. The van der Waals surface area contributed by atoms with Crippen LogP contribution in [-0.2, 0) is 16.1 Å². The Labute approximate surface area is 208 Å². The molecule has 0 aliphatic carbocycles. The van der Waals surface area contributed by atoms with Gasteiger partial charge in [0.15, 0.2) is 0 Å². The summed E-state index contributed by atoms with van der Waals surface area (Å²) in [5.41, 5.74) is 2.43. The highest BCUT2D eigenvalue weighted by Crippen LogP contribution is 2.28. The highest BCUT2D eigenvalue weighted by Gasteiger charge is 2.12. The number of nitrogens with one attached hydrogen (secondary N) is 1. The van der Waals surface area contributed by atoms with Gasteiger partial charge in [-0.25, -0.2) is 4.79 Å². The van der Waals surface area contributed by atoms with E-state index in [1.165, 1.54) is 25.3 Å². The summed E-state index contributed by atoms with van der Waals surface area (Å²) in [6.45, 7) is 0.404. The molecule has 0 unspecified atom stereocenters. The van der Waals surface area contributed by atoms with Crippen molar-refractivity contribution in [1.29, 1.82) is 5.26 Å². The van der Waals surface area contributed by atoms with E-state index in [1.807, 2.05) is 30.3 Å². The van der Waals surface area contributed by atoms with Crippen LogP contribution in [0.15, 0.2) is 81.2 Å². The third-order valence-electron chi connectivity index (χ3n) is 4.50. The molecule has 3 aromatic rings. The number of nitriles is 1. The summed E-state index contributed by atoms with van der Waals surface area (Å²) < 4.78 is 12.2. The number of ether oxygens (including phenoxy) is 2. The lowest BCUT2D eigenvalue weighted by Gasteiger charge is -2.09. The predicted octanol–water partition coefficient (Wildman–Crippen LogP) is 6.12. The molecular formula is C25H18Br2N2O4. The van der Waals surface area contributed by atoms with Gasteiger partial charge in [0.2, 0.25) is 0 Å². The number of nitrogens with zero attached hydrogens (tertiary/aromatic N) is 1. The number of methoxy groups -OCH3 is 1. The molecule has 0 saturated heterocycles. The van der Waals surface area contributed by atoms with E-state index < -0.39 is 11.9 Å². The van der Waals surface area contributed by atoms with Crippen molar-refractivity contribution in [3.8, 4) is 11.8 Å². The van der Waals surface area contributed by atoms with Gasteiger partial charge in [-0.15, -0.1) is 0 Å². The van der Waals surface area contributed by atoms with Gasteiger partial charge in [-0.05, 0) is 81.7 Å². The van der Waals surface area contributed by atoms with Crippen LogP contribution in [-0.4, -0.2) is 19.0 Å². The average molecular weight is 570 g/mol. The largest absolute Gasteiger partial charge is 0.488 e. The second-order valence-corrected chi connectivity index (χ2v) is 8.57. The Bertz CT molecular complexity index is 1230. The Morgan fingerprint density at radius 3 is 2.33 bits per heavy atom. The van der Waals surface area contributed by atoms with E-state index in [0.29, 0.717) is 33.6 Å². The van der Waals surface area contributed by atoms with Gasteiger partial charge >= 0.3 is 5.97 Å². The fourth-order valence-corrected chi connectivity index (χ4v) is 3.56. The molecule has 0 saturated carbocycles. The number of halogens is 2. The van der Waals surface area contributed by atoms with Gasteiger partial charge < -0.3 is 14.8 Å². The van der Waals surface area contributed by atoms with Gasteiger partial charge in [0.1, 0.15) is 24.0 Å². The average Bonchev–Trinajstić information content (AvgIpc) is 2.83. The van der Waals surface area contributed by atoms with Crippen LogP contribution in [0.5, 0.6) is 5.75 Å². The van der Waals surface area contributed by atoms with Crippen molar-refractivity contribution >= 4 is 55.5 Å². The minimum Gasteiger partial charge on any atom is -0.488 e. The Kier molecular flexibility index (Phi) is 8.41. The zero-order valence-electron chi connectivity index (χ0n) is 17.5. The monoisotopic (exact) mass is 568 g/mol. The Morgan fingerprint density at radius 2 is 1.73 bits per heavy atom. The van der Waals surface area contributed by atoms with E-state index >= 15 is 0 Å². The molecule has 3 aromatic carbocycles. The quantitative estimate of drug-likeness (QED) is 0.210. The topological polar surface area (TPSA) is 88.4 Å². The maximum absolute atomic E-state index is 12.5. The van der Waals surface area contributed by atoms with E-state index in [9.17, 15) is 14.9 Å². The first-order chi connectivity index (χ1) is 15.9. The van der Waals surface area contributed by atoms with Crippen LogP contribution < -0.4 is 10.1 Å². The lowest BCUT2D eigenvalue weighted by Crippen LogP contribution is -2.13. The van der Waals surface area contributed by atoms with Crippen molar-refractivity contribution in [2.24, 2.45) is 0 Å². The van der Waals surface area contributed by atoms with E-state index in [4.69, 9.17) is 4.74 Å². The summed E-state index contributed by atoms with van der Waals surface area (Å²) in [6, 6.07) is 21.2. The van der Waals surface area contributed by atoms with Gasteiger partial charge in [-0.2, -0.15) is 5.26 Å². The number of anilines is 1. The molecular weight excluding hydrogens is 552 g/mol. The summed E-state index contributed by atoms with van der Waals surface area (Å²) >= 11 is 6.88. The first-order valence-corrected chi connectivity index (χ1v) is 11.3. The third kappa shape index (κ3) is 6.78. The first kappa shape index (κ1) is 24.2. The summed E-state index contributed by atoms with van der Waals surface area (Å²) in [4.78, 5) is 24.0. The molecule has 1 amide bonds. The molecule has 6 nitrogen and oxygen atoms in total. The number of rotatable bonds is 7. The van der Waals surface area contributed by atoms with Crippen LogP contribution in [0, 0.1) is 11.3 Å². The van der Waals surface area contributed by atoms with Crippen molar-refractivity contribution in [2.45, 2.75) is 6.61 Å². The molecule has 3 rings (SSSR count). The first-order valence-electron chi connectivity index (χ1n) is 9.68. The zero-order chi connectivity index (χ0) is 23.8. The summed E-state index contributed by atoms with van der Waals surface area (Å²) in [5.74, 6) is -0.390. The highest BCUT2D eigenvalue weighted by atomic mass is 79.9. The Hall–Kier alpha value is -3.41. The minimum atomic E-state index is -0.560. The summed E-state index contributed by atoms with van der Waals surface area (Å²) in [7, 11) is 1.29. The van der Waals surface area contributed by atoms with Crippen molar-refractivity contribution in [3.05, 3.63) is 97.9 Å². The number of benzene rings is 3. The van der Waals surface area contributed by atoms with E-state index in [-0.39, 0.29) is 5.57 Å². The second-order valence-electron chi connectivity index (χ2n) is 6.80. The fourth-order valence-electron chi connectivity index (χ4n) is 2.79. The third-order valence-corrected chi connectivity index (χ3v) is 5.65. The second kappa shape index (κ2) is 11.5. The van der Waals surface area contributed by atoms with E-state index in [0.717, 1.165) is 10.0 Å². The Morgan fingerprint density at radius 1 is 1.03 bits per heavy atom. The number of amides is 1. The SMILES string of the molecule is COC(=O)c1ccc(NC(=O)/C(C#N)=C/c2ccc(OCc3ccc(Br)cc3)c(Br)c2)cc1. The molecule has 0 bridgehead atoms. The maximum Gasteiger partial charge on any atom is 0.337 e. The summed E-state index contributed by atoms with van der Waals surface area (Å²) in [5, 5.41) is 12.1. The van der Waals surface area contributed by atoms with Gasteiger partial charge in [-0.3, -0.25) is 4.79 Å². The molecule has 33 heavy (non-hydrogen) atoms. The van der Waals surface area contributed by atoms with E-state index in [2.05, 4.69) is 41.9 Å². The molecule has 0 spiro atoms. The van der Waals surface area contributed by atoms with Gasteiger partial charge in [-0.1, -0.05) is 34.1 Å². The molecule has 0 aliphatic heterocycles. The molecule has 0 atom stereocenters. The van der Waals surface area contributed by atoms with Crippen LogP contribution in [0.2, 0.25) is 0 Å². The number of hydrogen-bond acceptors (Lipinski definition) is 5.